The molecule has 3 unspecified atom stereocenters. The van der Waals surface area contributed by atoms with Crippen LogP contribution in [0.25, 0.3) is 0 Å². The van der Waals surface area contributed by atoms with E-state index in [1.54, 1.807) is 18.2 Å². The molecule has 7 heteroatoms. The Kier molecular flexibility index (Phi) is 9.68. The Morgan fingerprint density at radius 1 is 0.529 bits per heavy atom. The number of nitrogens with one attached hydrogen (secondary N) is 3. The minimum Gasteiger partial charge on any atom is -0.378 e. The van der Waals surface area contributed by atoms with E-state index in [-0.39, 0.29) is 72.8 Å². The second kappa shape index (κ2) is 12.7. The SMILES string of the molecule is O=C1C=CCC2=CC=CNC12.O=C1C=CCC2=CC=CNC12.O=C1C=CCC2=CC=CNC12.[Er]. The summed E-state index contributed by atoms with van der Waals surface area (Å²) in [4.78, 5) is 33.6. The standard InChI is InChI=1S/3C9H9NO.Er/c3*11-8-5-1-3-7-4-2-6-10-9(7)8;/h3*1-2,4-6,9-10H,3H2;. The van der Waals surface area contributed by atoms with Gasteiger partial charge in [0.1, 0.15) is 18.1 Å². The van der Waals surface area contributed by atoms with E-state index in [0.29, 0.717) is 0 Å². The molecule has 3 N–H and O–H groups in total. The van der Waals surface area contributed by atoms with Gasteiger partial charge in [-0.1, -0.05) is 36.5 Å². The first-order valence-electron chi connectivity index (χ1n) is 11.1. The van der Waals surface area contributed by atoms with E-state index in [0.717, 1.165) is 19.3 Å². The van der Waals surface area contributed by atoms with Crippen LogP contribution in [0.15, 0.2) is 108 Å². The van der Waals surface area contributed by atoms with Gasteiger partial charge in [-0.25, -0.2) is 0 Å². The van der Waals surface area contributed by atoms with Crippen LogP contribution in [0.2, 0.25) is 0 Å². The molecule has 0 saturated carbocycles. The number of carbonyl (C=O) groups is 3. The summed E-state index contributed by atoms with van der Waals surface area (Å²) in [6.07, 6.45) is 30.6. The molecule has 0 spiro atoms. The average Bonchev–Trinajstić information content (AvgIpc) is 2.86. The van der Waals surface area contributed by atoms with Gasteiger partial charge >= 0.3 is 0 Å². The Labute approximate surface area is 229 Å². The zero-order valence-corrected chi connectivity index (χ0v) is 20.4. The van der Waals surface area contributed by atoms with Gasteiger partial charge in [-0.15, -0.1) is 0 Å². The first-order valence-corrected chi connectivity index (χ1v) is 11.1. The van der Waals surface area contributed by atoms with Crippen molar-refractivity contribution in [2.24, 2.45) is 0 Å². The predicted octanol–water partition coefficient (Wildman–Crippen LogP) is 2.78. The van der Waals surface area contributed by atoms with Gasteiger partial charge in [0.2, 0.25) is 0 Å². The summed E-state index contributed by atoms with van der Waals surface area (Å²) in [5.41, 5.74) is 3.50. The molecule has 3 aliphatic heterocycles. The summed E-state index contributed by atoms with van der Waals surface area (Å²) in [5.74, 6) is 0.477. The van der Waals surface area contributed by atoms with Crippen molar-refractivity contribution in [3.05, 3.63) is 108 Å². The second-order valence-electron chi connectivity index (χ2n) is 8.13. The second-order valence-corrected chi connectivity index (χ2v) is 8.13. The fourth-order valence-corrected chi connectivity index (χ4v) is 4.15. The van der Waals surface area contributed by atoms with E-state index in [9.17, 15) is 14.4 Å². The van der Waals surface area contributed by atoms with Crippen LogP contribution >= 0.6 is 0 Å². The molecular formula is C27H27ErN3O3. The third-order valence-electron chi connectivity index (χ3n) is 5.88. The molecule has 0 radical (unpaired) electrons. The third kappa shape index (κ3) is 6.46. The molecule has 0 amide bonds. The van der Waals surface area contributed by atoms with Crippen LogP contribution in [0.3, 0.4) is 0 Å². The van der Waals surface area contributed by atoms with Gasteiger partial charge in [-0.2, -0.15) is 0 Å². The molecule has 34 heavy (non-hydrogen) atoms. The monoisotopic (exact) mass is 607 g/mol. The topological polar surface area (TPSA) is 87.3 Å². The molecular weight excluding hydrogens is 582 g/mol. The maximum absolute atomic E-state index is 11.2. The number of carbonyl (C=O) groups excluding carboxylic acids is 3. The van der Waals surface area contributed by atoms with Gasteiger partial charge in [0.25, 0.3) is 0 Å². The van der Waals surface area contributed by atoms with Crippen LogP contribution in [-0.2, 0) is 14.4 Å². The maximum atomic E-state index is 11.2. The molecule has 180 valence electrons. The van der Waals surface area contributed by atoms with Gasteiger partial charge in [0, 0.05) is 37.3 Å². The number of hydrogen-bond donors (Lipinski definition) is 3. The van der Waals surface area contributed by atoms with Gasteiger partial charge < -0.3 is 16.0 Å². The molecule has 3 heterocycles. The number of dihydropyridines is 3. The fourth-order valence-electron chi connectivity index (χ4n) is 4.15. The Morgan fingerprint density at radius 2 is 0.824 bits per heavy atom. The number of allylic oxidation sites excluding steroid dienone is 9. The molecule has 0 bridgehead atoms. The van der Waals surface area contributed by atoms with Gasteiger partial charge in [-0.3, -0.25) is 14.4 Å². The molecule has 6 nitrogen and oxygen atoms in total. The number of ketones is 3. The van der Waals surface area contributed by atoms with Crippen molar-refractivity contribution in [3.63, 3.8) is 0 Å². The smallest absolute Gasteiger partial charge is 0.181 e. The predicted molar refractivity (Wildman–Crippen MR) is 129 cm³/mol. The van der Waals surface area contributed by atoms with Gasteiger partial charge in [0.05, 0.1) is 0 Å². The normalized spacial score (nSPS) is 26.6. The van der Waals surface area contributed by atoms with Crippen molar-refractivity contribution in [2.75, 3.05) is 0 Å². The van der Waals surface area contributed by atoms with Crippen LogP contribution < -0.4 is 16.0 Å². The van der Waals surface area contributed by atoms with Gasteiger partial charge in [0.15, 0.2) is 17.3 Å². The number of rotatable bonds is 0. The van der Waals surface area contributed by atoms with E-state index < -0.39 is 0 Å². The minimum absolute atomic E-state index is 0. The third-order valence-corrected chi connectivity index (χ3v) is 5.88. The minimum atomic E-state index is -0.0787. The van der Waals surface area contributed by atoms with Crippen LogP contribution in [0.4, 0.5) is 0 Å². The fraction of sp³-hybridized carbons (Fsp3) is 0.222. The molecule has 0 aromatic rings. The van der Waals surface area contributed by atoms with Crippen molar-refractivity contribution in [2.45, 2.75) is 37.4 Å². The Hall–Kier alpha value is -2.68. The molecule has 6 aliphatic rings. The molecule has 3 atom stereocenters. The summed E-state index contributed by atoms with van der Waals surface area (Å²) in [7, 11) is 0. The van der Waals surface area contributed by atoms with E-state index in [2.05, 4.69) is 16.0 Å². The van der Waals surface area contributed by atoms with Crippen molar-refractivity contribution >= 4 is 17.3 Å². The summed E-state index contributed by atoms with van der Waals surface area (Å²) < 4.78 is 0. The van der Waals surface area contributed by atoms with Crippen molar-refractivity contribution in [1.29, 1.82) is 0 Å². The summed E-state index contributed by atoms with van der Waals surface area (Å²) >= 11 is 0. The zero-order valence-electron chi connectivity index (χ0n) is 18.5. The molecule has 0 aromatic carbocycles. The summed E-state index contributed by atoms with van der Waals surface area (Å²) in [6.45, 7) is 0. The quantitative estimate of drug-likeness (QED) is 0.392. The van der Waals surface area contributed by atoms with E-state index in [1.165, 1.54) is 16.7 Å². The average molecular weight is 609 g/mol. The van der Waals surface area contributed by atoms with Crippen molar-refractivity contribution in [3.8, 4) is 0 Å². The van der Waals surface area contributed by atoms with E-state index >= 15 is 0 Å². The summed E-state index contributed by atoms with van der Waals surface area (Å²) in [5, 5.41) is 9.06. The van der Waals surface area contributed by atoms with Gasteiger partial charge in [-0.05, 0) is 91.0 Å². The van der Waals surface area contributed by atoms with Crippen LogP contribution in [0.5, 0.6) is 0 Å². The summed E-state index contributed by atoms with van der Waals surface area (Å²) in [6, 6.07) is -0.236. The molecule has 0 fully saturated rings. The van der Waals surface area contributed by atoms with E-state index in [4.69, 9.17) is 0 Å². The van der Waals surface area contributed by atoms with E-state index in [1.807, 2.05) is 73.3 Å². The first kappa shape index (κ1) is 25.9. The Bertz CT molecular complexity index is 964. The molecule has 6 rings (SSSR count). The zero-order chi connectivity index (χ0) is 23.0. The maximum Gasteiger partial charge on any atom is 0.181 e. The van der Waals surface area contributed by atoms with Crippen LogP contribution in [-0.4, -0.2) is 35.5 Å². The first-order chi connectivity index (χ1) is 16.1. The largest absolute Gasteiger partial charge is 0.378 e. The van der Waals surface area contributed by atoms with Crippen molar-refractivity contribution < 1.29 is 51.7 Å². The van der Waals surface area contributed by atoms with Crippen LogP contribution in [0, 0.1) is 37.3 Å². The number of fused-ring (bicyclic) bond motifs is 3. The Balaban J connectivity index is 0.000000141. The Morgan fingerprint density at radius 3 is 1.09 bits per heavy atom. The van der Waals surface area contributed by atoms with Crippen molar-refractivity contribution in [1.82, 2.24) is 16.0 Å². The molecule has 3 aliphatic carbocycles. The molecule has 0 aromatic heterocycles. The molecule has 0 saturated heterocycles. The van der Waals surface area contributed by atoms with Crippen LogP contribution in [0.1, 0.15) is 19.3 Å². The number of hydrogen-bond acceptors (Lipinski definition) is 6.